The summed E-state index contributed by atoms with van der Waals surface area (Å²) in [5.41, 5.74) is -0.355. The maximum atomic E-state index is 12.0. The molecule has 0 aromatic heterocycles. The number of piperidine rings is 1. The van der Waals surface area contributed by atoms with Crippen molar-refractivity contribution in [3.05, 3.63) is 0 Å². The average molecular weight is 192 g/mol. The lowest BCUT2D eigenvalue weighted by atomic mass is 9.94. The Labute approximate surface area is 84.7 Å². The van der Waals surface area contributed by atoms with Crippen molar-refractivity contribution in [1.82, 2.24) is 4.90 Å². The number of carbonyl (C=O) groups is 1. The van der Waals surface area contributed by atoms with Gasteiger partial charge in [0.15, 0.2) is 0 Å². The van der Waals surface area contributed by atoms with Gasteiger partial charge in [0.1, 0.15) is 6.04 Å². The Balaban J connectivity index is 2.17. The topological polar surface area (TPSA) is 44.1 Å². The molecule has 2 fully saturated rings. The second kappa shape index (κ2) is 2.73. The first-order valence-corrected chi connectivity index (χ1v) is 5.17. The SMILES string of the molecule is CC(C)(C)C(=O)N1[C@@H](C#N)C[C@@H]2C[C@@H]21. The number of hydrogen-bond donors (Lipinski definition) is 0. The van der Waals surface area contributed by atoms with Gasteiger partial charge in [0.05, 0.1) is 6.07 Å². The third kappa shape index (κ3) is 1.30. The molecule has 0 radical (unpaired) electrons. The Bertz CT molecular complexity index is 310. The molecule has 3 heteroatoms. The quantitative estimate of drug-likeness (QED) is 0.584. The van der Waals surface area contributed by atoms with Crippen molar-refractivity contribution >= 4 is 5.91 Å². The number of fused-ring (bicyclic) bond motifs is 1. The van der Waals surface area contributed by atoms with E-state index in [0.29, 0.717) is 12.0 Å². The van der Waals surface area contributed by atoms with Crippen LogP contribution in [0.4, 0.5) is 0 Å². The van der Waals surface area contributed by atoms with Gasteiger partial charge in [0.2, 0.25) is 5.91 Å². The van der Waals surface area contributed by atoms with E-state index >= 15 is 0 Å². The molecule has 0 bridgehead atoms. The van der Waals surface area contributed by atoms with Gasteiger partial charge in [-0.3, -0.25) is 4.79 Å². The number of amides is 1. The fourth-order valence-corrected chi connectivity index (χ4v) is 2.25. The highest BCUT2D eigenvalue weighted by Gasteiger charge is 2.55. The summed E-state index contributed by atoms with van der Waals surface area (Å²) in [7, 11) is 0. The van der Waals surface area contributed by atoms with Crippen molar-refractivity contribution in [1.29, 1.82) is 5.26 Å². The summed E-state index contributed by atoms with van der Waals surface area (Å²) in [6, 6.07) is 2.45. The fourth-order valence-electron chi connectivity index (χ4n) is 2.25. The molecule has 14 heavy (non-hydrogen) atoms. The number of likely N-dealkylation sites (tertiary alicyclic amines) is 1. The van der Waals surface area contributed by atoms with Crippen LogP contribution in [0.5, 0.6) is 0 Å². The normalized spacial score (nSPS) is 35.0. The molecule has 0 aromatic rings. The van der Waals surface area contributed by atoms with Crippen molar-refractivity contribution in [2.75, 3.05) is 0 Å². The molecular weight excluding hydrogens is 176 g/mol. The standard InChI is InChI=1S/C11H16N2O/c1-11(2,3)10(14)13-8(6-12)4-7-5-9(7)13/h7-9H,4-5H2,1-3H3/t7-,8-,9+/m1/s1. The van der Waals surface area contributed by atoms with Crippen LogP contribution in [0, 0.1) is 22.7 Å². The monoisotopic (exact) mass is 192 g/mol. The molecule has 3 atom stereocenters. The van der Waals surface area contributed by atoms with E-state index in [0.717, 1.165) is 12.8 Å². The van der Waals surface area contributed by atoms with E-state index < -0.39 is 0 Å². The minimum atomic E-state index is -0.355. The predicted molar refractivity (Wildman–Crippen MR) is 52.2 cm³/mol. The first-order valence-electron chi connectivity index (χ1n) is 5.17. The number of nitriles is 1. The molecule has 0 spiro atoms. The summed E-state index contributed by atoms with van der Waals surface area (Å²) >= 11 is 0. The zero-order valence-electron chi connectivity index (χ0n) is 8.95. The van der Waals surface area contributed by atoms with Gasteiger partial charge in [-0.25, -0.2) is 0 Å². The highest BCUT2D eigenvalue weighted by molar-refractivity contribution is 5.83. The van der Waals surface area contributed by atoms with Gasteiger partial charge in [0, 0.05) is 11.5 Å². The zero-order chi connectivity index (χ0) is 10.5. The van der Waals surface area contributed by atoms with E-state index in [4.69, 9.17) is 5.26 Å². The third-order valence-corrected chi connectivity index (χ3v) is 3.13. The van der Waals surface area contributed by atoms with Gasteiger partial charge in [-0.2, -0.15) is 5.26 Å². The van der Waals surface area contributed by atoms with Crippen LogP contribution in [0.15, 0.2) is 0 Å². The maximum Gasteiger partial charge on any atom is 0.229 e. The molecule has 1 saturated heterocycles. The number of carbonyl (C=O) groups excluding carboxylic acids is 1. The van der Waals surface area contributed by atoms with Crippen LogP contribution in [0.1, 0.15) is 33.6 Å². The molecule has 1 heterocycles. The van der Waals surface area contributed by atoms with Crippen LogP contribution >= 0.6 is 0 Å². The number of rotatable bonds is 0. The van der Waals surface area contributed by atoms with Crippen molar-refractivity contribution in [2.24, 2.45) is 11.3 Å². The second-order valence-electron chi connectivity index (χ2n) is 5.41. The minimum Gasteiger partial charge on any atom is -0.323 e. The van der Waals surface area contributed by atoms with Crippen LogP contribution in [-0.4, -0.2) is 22.9 Å². The molecule has 76 valence electrons. The smallest absolute Gasteiger partial charge is 0.229 e. The molecule has 2 rings (SSSR count). The lowest BCUT2D eigenvalue weighted by molar-refractivity contribution is -0.140. The summed E-state index contributed by atoms with van der Waals surface area (Å²) in [5.74, 6) is 0.750. The van der Waals surface area contributed by atoms with E-state index in [1.54, 1.807) is 0 Å². The Morgan fingerprint density at radius 2 is 2.07 bits per heavy atom. The third-order valence-electron chi connectivity index (χ3n) is 3.13. The zero-order valence-corrected chi connectivity index (χ0v) is 8.95. The molecule has 2 aliphatic rings. The average Bonchev–Trinajstić information content (AvgIpc) is 2.75. The molecule has 0 unspecified atom stereocenters. The summed E-state index contributed by atoms with van der Waals surface area (Å²) in [4.78, 5) is 13.9. The van der Waals surface area contributed by atoms with Crippen LogP contribution in [-0.2, 0) is 4.79 Å². The predicted octanol–water partition coefficient (Wildman–Crippen LogP) is 1.55. The van der Waals surface area contributed by atoms with E-state index in [-0.39, 0.29) is 17.4 Å². The Morgan fingerprint density at radius 3 is 2.57 bits per heavy atom. The fraction of sp³-hybridized carbons (Fsp3) is 0.818. The molecule has 1 aliphatic heterocycles. The Morgan fingerprint density at radius 1 is 1.43 bits per heavy atom. The summed E-state index contributed by atoms with van der Waals surface area (Å²) < 4.78 is 0. The summed E-state index contributed by atoms with van der Waals surface area (Å²) in [5, 5.41) is 8.95. The first-order chi connectivity index (χ1) is 6.45. The van der Waals surface area contributed by atoms with Crippen molar-refractivity contribution < 1.29 is 4.79 Å². The van der Waals surface area contributed by atoms with Crippen LogP contribution in [0.25, 0.3) is 0 Å². The largest absolute Gasteiger partial charge is 0.323 e. The maximum absolute atomic E-state index is 12.0. The molecule has 1 amide bonds. The van der Waals surface area contributed by atoms with Crippen molar-refractivity contribution in [2.45, 2.75) is 45.7 Å². The molecule has 1 saturated carbocycles. The van der Waals surface area contributed by atoms with E-state index in [1.165, 1.54) is 0 Å². The van der Waals surface area contributed by atoms with Crippen molar-refractivity contribution in [3.8, 4) is 6.07 Å². The van der Waals surface area contributed by atoms with E-state index in [2.05, 4.69) is 6.07 Å². The highest BCUT2D eigenvalue weighted by atomic mass is 16.2. The Kier molecular flexibility index (Phi) is 1.85. The summed E-state index contributed by atoms with van der Waals surface area (Å²) in [6.07, 6.45) is 2.00. The van der Waals surface area contributed by atoms with Gasteiger partial charge in [-0.15, -0.1) is 0 Å². The minimum absolute atomic E-state index is 0.133. The van der Waals surface area contributed by atoms with Gasteiger partial charge >= 0.3 is 0 Å². The first kappa shape index (κ1) is 9.51. The van der Waals surface area contributed by atoms with Gasteiger partial charge in [-0.05, 0) is 18.8 Å². The molecule has 0 aromatic carbocycles. The van der Waals surface area contributed by atoms with Crippen molar-refractivity contribution in [3.63, 3.8) is 0 Å². The van der Waals surface area contributed by atoms with Crippen LogP contribution in [0.3, 0.4) is 0 Å². The number of nitrogens with zero attached hydrogens (tertiary/aromatic N) is 2. The van der Waals surface area contributed by atoms with Crippen LogP contribution < -0.4 is 0 Å². The molecular formula is C11H16N2O. The molecule has 3 nitrogen and oxygen atoms in total. The molecule has 0 N–H and O–H groups in total. The highest BCUT2D eigenvalue weighted by Crippen LogP contribution is 2.48. The number of hydrogen-bond acceptors (Lipinski definition) is 2. The van der Waals surface area contributed by atoms with Gasteiger partial charge < -0.3 is 4.90 Å². The summed E-state index contributed by atoms with van der Waals surface area (Å²) in [6.45, 7) is 5.75. The second-order valence-corrected chi connectivity index (χ2v) is 5.41. The lowest BCUT2D eigenvalue weighted by Crippen LogP contribution is -2.44. The lowest BCUT2D eigenvalue weighted by Gasteiger charge is -2.29. The van der Waals surface area contributed by atoms with E-state index in [1.807, 2.05) is 25.7 Å². The van der Waals surface area contributed by atoms with Gasteiger partial charge in [-0.1, -0.05) is 20.8 Å². The Hall–Kier alpha value is -1.04. The van der Waals surface area contributed by atoms with E-state index in [9.17, 15) is 4.79 Å². The van der Waals surface area contributed by atoms with Gasteiger partial charge in [0.25, 0.3) is 0 Å². The van der Waals surface area contributed by atoms with Crippen LogP contribution in [0.2, 0.25) is 0 Å². The molecule has 1 aliphatic carbocycles.